The van der Waals surface area contributed by atoms with Crippen molar-refractivity contribution in [1.82, 2.24) is 5.32 Å². The SMILES string of the molecule is CC(NC1COc2ccc(Cl)cc21)C1CC1. The molecule has 2 aliphatic rings. The Kier molecular flexibility index (Phi) is 2.56. The molecule has 86 valence electrons. The normalized spacial score (nSPS) is 25.0. The number of benzene rings is 1. The number of rotatable bonds is 3. The van der Waals surface area contributed by atoms with Gasteiger partial charge in [-0.25, -0.2) is 0 Å². The van der Waals surface area contributed by atoms with Gasteiger partial charge in [0.15, 0.2) is 0 Å². The lowest BCUT2D eigenvalue weighted by Gasteiger charge is -2.18. The van der Waals surface area contributed by atoms with Crippen LogP contribution in [0.25, 0.3) is 0 Å². The van der Waals surface area contributed by atoms with Crippen LogP contribution < -0.4 is 10.1 Å². The third-order valence-corrected chi connectivity index (χ3v) is 3.78. The Bertz CT molecular complexity index is 403. The van der Waals surface area contributed by atoms with Crippen LogP contribution in [0.3, 0.4) is 0 Å². The standard InChI is InChI=1S/C13H16ClNO/c1-8(9-2-3-9)15-12-7-16-13-5-4-10(14)6-11(12)13/h4-6,8-9,12,15H,2-3,7H2,1H3. The van der Waals surface area contributed by atoms with Crippen LogP contribution in [-0.4, -0.2) is 12.6 Å². The minimum atomic E-state index is 0.310. The van der Waals surface area contributed by atoms with E-state index in [1.54, 1.807) is 0 Å². The maximum Gasteiger partial charge on any atom is 0.124 e. The average Bonchev–Trinajstić information content (AvgIpc) is 3.04. The van der Waals surface area contributed by atoms with E-state index in [-0.39, 0.29) is 0 Å². The van der Waals surface area contributed by atoms with E-state index in [2.05, 4.69) is 12.2 Å². The van der Waals surface area contributed by atoms with Gasteiger partial charge >= 0.3 is 0 Å². The number of halogens is 1. The smallest absolute Gasteiger partial charge is 0.124 e. The van der Waals surface area contributed by atoms with Crippen molar-refractivity contribution in [3.63, 3.8) is 0 Å². The van der Waals surface area contributed by atoms with Crippen molar-refractivity contribution >= 4 is 11.6 Å². The van der Waals surface area contributed by atoms with Crippen LogP contribution in [0.1, 0.15) is 31.4 Å². The summed E-state index contributed by atoms with van der Waals surface area (Å²) in [4.78, 5) is 0. The van der Waals surface area contributed by atoms with Crippen molar-refractivity contribution in [3.05, 3.63) is 28.8 Å². The Balaban J connectivity index is 1.76. The summed E-state index contributed by atoms with van der Waals surface area (Å²) in [6.07, 6.45) is 2.73. The lowest BCUT2D eigenvalue weighted by atomic mass is 10.1. The second-order valence-corrected chi connectivity index (χ2v) is 5.27. The molecule has 1 N–H and O–H groups in total. The molecule has 1 aliphatic heterocycles. The first-order chi connectivity index (χ1) is 7.74. The van der Waals surface area contributed by atoms with E-state index in [0.29, 0.717) is 12.1 Å². The molecular weight excluding hydrogens is 222 g/mol. The fourth-order valence-electron chi connectivity index (χ4n) is 2.37. The first kappa shape index (κ1) is 10.4. The van der Waals surface area contributed by atoms with Gasteiger partial charge in [0.25, 0.3) is 0 Å². The molecular formula is C13H16ClNO. The maximum atomic E-state index is 6.02. The average molecular weight is 238 g/mol. The second kappa shape index (κ2) is 3.94. The van der Waals surface area contributed by atoms with E-state index < -0.39 is 0 Å². The highest BCUT2D eigenvalue weighted by molar-refractivity contribution is 6.30. The van der Waals surface area contributed by atoms with Crippen molar-refractivity contribution in [2.75, 3.05) is 6.61 Å². The first-order valence-electron chi connectivity index (χ1n) is 5.92. The van der Waals surface area contributed by atoms with Crippen molar-refractivity contribution in [2.45, 2.75) is 31.8 Å². The molecule has 0 bridgehead atoms. The van der Waals surface area contributed by atoms with E-state index in [1.807, 2.05) is 18.2 Å². The highest BCUT2D eigenvalue weighted by Crippen LogP contribution is 2.37. The Hall–Kier alpha value is -0.730. The molecule has 1 saturated carbocycles. The Morgan fingerprint density at radius 1 is 1.44 bits per heavy atom. The lowest BCUT2D eigenvalue weighted by Crippen LogP contribution is -2.32. The maximum absolute atomic E-state index is 6.02. The van der Waals surface area contributed by atoms with Gasteiger partial charge in [0, 0.05) is 16.6 Å². The van der Waals surface area contributed by atoms with E-state index in [9.17, 15) is 0 Å². The molecule has 1 aromatic carbocycles. The Morgan fingerprint density at radius 2 is 2.25 bits per heavy atom. The summed E-state index contributed by atoms with van der Waals surface area (Å²) in [5, 5.41) is 4.43. The minimum absolute atomic E-state index is 0.310. The van der Waals surface area contributed by atoms with Gasteiger partial charge in [0.2, 0.25) is 0 Å². The molecule has 0 saturated heterocycles. The van der Waals surface area contributed by atoms with Crippen molar-refractivity contribution < 1.29 is 4.74 Å². The van der Waals surface area contributed by atoms with Crippen LogP contribution >= 0.6 is 11.6 Å². The predicted octanol–water partition coefficient (Wildman–Crippen LogP) is 3.16. The molecule has 0 spiro atoms. The van der Waals surface area contributed by atoms with Crippen molar-refractivity contribution in [2.24, 2.45) is 5.92 Å². The summed E-state index contributed by atoms with van der Waals surface area (Å²) in [7, 11) is 0. The molecule has 1 fully saturated rings. The molecule has 3 rings (SSSR count). The summed E-state index contributed by atoms with van der Waals surface area (Å²) < 4.78 is 5.65. The van der Waals surface area contributed by atoms with Crippen LogP contribution in [0.15, 0.2) is 18.2 Å². The van der Waals surface area contributed by atoms with E-state index in [4.69, 9.17) is 16.3 Å². The molecule has 2 atom stereocenters. The largest absolute Gasteiger partial charge is 0.491 e. The quantitative estimate of drug-likeness (QED) is 0.872. The minimum Gasteiger partial charge on any atom is -0.491 e. The van der Waals surface area contributed by atoms with Crippen LogP contribution in [0, 0.1) is 5.92 Å². The zero-order valence-electron chi connectivity index (χ0n) is 9.37. The first-order valence-corrected chi connectivity index (χ1v) is 6.30. The topological polar surface area (TPSA) is 21.3 Å². The number of ether oxygens (including phenoxy) is 1. The summed E-state index contributed by atoms with van der Waals surface area (Å²) >= 11 is 6.02. The van der Waals surface area contributed by atoms with Crippen LogP contribution in [0.5, 0.6) is 5.75 Å². The lowest BCUT2D eigenvalue weighted by molar-refractivity contribution is 0.294. The van der Waals surface area contributed by atoms with E-state index in [0.717, 1.165) is 23.3 Å². The fraction of sp³-hybridized carbons (Fsp3) is 0.538. The molecule has 3 heteroatoms. The monoisotopic (exact) mass is 237 g/mol. The zero-order chi connectivity index (χ0) is 11.1. The third-order valence-electron chi connectivity index (χ3n) is 3.55. The van der Waals surface area contributed by atoms with Gasteiger partial charge in [-0.15, -0.1) is 0 Å². The van der Waals surface area contributed by atoms with Crippen LogP contribution in [-0.2, 0) is 0 Å². The van der Waals surface area contributed by atoms with Gasteiger partial charge in [-0.05, 0) is 43.9 Å². The molecule has 2 unspecified atom stereocenters. The molecule has 2 nitrogen and oxygen atoms in total. The number of hydrogen-bond acceptors (Lipinski definition) is 2. The molecule has 0 amide bonds. The fourth-order valence-corrected chi connectivity index (χ4v) is 2.55. The van der Waals surface area contributed by atoms with E-state index in [1.165, 1.54) is 18.4 Å². The van der Waals surface area contributed by atoms with Gasteiger partial charge in [0.1, 0.15) is 12.4 Å². The van der Waals surface area contributed by atoms with E-state index >= 15 is 0 Å². The van der Waals surface area contributed by atoms with Crippen LogP contribution in [0.4, 0.5) is 0 Å². The highest BCUT2D eigenvalue weighted by Gasteiger charge is 2.32. The summed E-state index contributed by atoms with van der Waals surface area (Å²) in [5.41, 5.74) is 1.21. The summed E-state index contributed by atoms with van der Waals surface area (Å²) in [5.74, 6) is 1.84. The molecule has 1 aromatic rings. The number of nitrogens with one attached hydrogen (secondary N) is 1. The van der Waals surface area contributed by atoms with Gasteiger partial charge in [0.05, 0.1) is 6.04 Å². The zero-order valence-corrected chi connectivity index (χ0v) is 10.1. The number of fused-ring (bicyclic) bond motifs is 1. The van der Waals surface area contributed by atoms with Gasteiger partial charge in [-0.2, -0.15) is 0 Å². The molecule has 0 aromatic heterocycles. The van der Waals surface area contributed by atoms with Gasteiger partial charge < -0.3 is 10.1 Å². The van der Waals surface area contributed by atoms with Crippen molar-refractivity contribution in [3.8, 4) is 5.75 Å². The van der Waals surface area contributed by atoms with Gasteiger partial charge in [-0.3, -0.25) is 0 Å². The molecule has 1 heterocycles. The molecule has 1 aliphatic carbocycles. The Morgan fingerprint density at radius 3 is 3.00 bits per heavy atom. The summed E-state index contributed by atoms with van der Waals surface area (Å²) in [6, 6.07) is 6.75. The number of hydrogen-bond donors (Lipinski definition) is 1. The third kappa shape index (κ3) is 1.92. The van der Waals surface area contributed by atoms with Gasteiger partial charge in [-0.1, -0.05) is 11.6 Å². The summed E-state index contributed by atoms with van der Waals surface area (Å²) in [6.45, 7) is 2.99. The Labute approximate surface area is 101 Å². The molecule has 16 heavy (non-hydrogen) atoms. The highest BCUT2D eigenvalue weighted by atomic mass is 35.5. The molecule has 0 radical (unpaired) electrons. The van der Waals surface area contributed by atoms with Crippen LogP contribution in [0.2, 0.25) is 5.02 Å². The van der Waals surface area contributed by atoms with Crippen molar-refractivity contribution in [1.29, 1.82) is 0 Å². The predicted molar refractivity (Wildman–Crippen MR) is 65.0 cm³/mol. The second-order valence-electron chi connectivity index (χ2n) is 4.84.